The van der Waals surface area contributed by atoms with Gasteiger partial charge in [0.2, 0.25) is 0 Å². The number of nitrogens with zero attached hydrogens (tertiary/aromatic N) is 3. The van der Waals surface area contributed by atoms with Crippen LogP contribution in [0.1, 0.15) is 49.6 Å². The van der Waals surface area contributed by atoms with Crippen LogP contribution in [0.15, 0.2) is 30.5 Å². The lowest BCUT2D eigenvalue weighted by atomic mass is 10.1. The minimum Gasteiger partial charge on any atom is -0.494 e. The largest absolute Gasteiger partial charge is 0.494 e. The molecule has 1 aliphatic rings. The Bertz CT molecular complexity index is 728. The number of piperidine rings is 1. The summed E-state index contributed by atoms with van der Waals surface area (Å²) in [4.78, 5) is 12.4. The van der Waals surface area contributed by atoms with Gasteiger partial charge in [-0.2, -0.15) is 0 Å². The molecule has 0 spiro atoms. The number of amides is 1. The number of carbonyl (C=O) groups is 1. The molecule has 2 aromatic rings. The molecule has 1 aliphatic heterocycles. The topological polar surface area (TPSA) is 81.1 Å². The van der Waals surface area contributed by atoms with Crippen molar-refractivity contribution in [3.63, 3.8) is 0 Å². The third kappa shape index (κ3) is 6.22. The molecule has 0 atom stereocenters. The zero-order valence-corrected chi connectivity index (χ0v) is 16.7. The minimum atomic E-state index is -0.260. The number of rotatable bonds is 7. The van der Waals surface area contributed by atoms with Gasteiger partial charge in [-0.1, -0.05) is 25.1 Å². The summed E-state index contributed by atoms with van der Waals surface area (Å²) >= 11 is 0. The second-order valence-corrected chi connectivity index (χ2v) is 7.08. The fourth-order valence-electron chi connectivity index (χ4n) is 2.90. The highest BCUT2D eigenvalue weighted by atomic mass is 35.5. The van der Waals surface area contributed by atoms with E-state index in [0.717, 1.165) is 38.1 Å². The molecule has 0 aliphatic carbocycles. The number of aromatic nitrogens is 3. The van der Waals surface area contributed by atoms with Crippen molar-refractivity contribution >= 4 is 24.0 Å². The van der Waals surface area contributed by atoms with Crippen molar-refractivity contribution in [3.8, 4) is 5.75 Å². The summed E-state index contributed by atoms with van der Waals surface area (Å²) in [6.45, 7) is 6.93. The van der Waals surface area contributed by atoms with Gasteiger partial charge in [-0.25, -0.2) is 4.68 Å². The first-order valence-corrected chi connectivity index (χ1v) is 9.28. The van der Waals surface area contributed by atoms with Crippen LogP contribution in [0.2, 0.25) is 0 Å². The fraction of sp³-hybridized carbons (Fsp3) is 0.526. The van der Waals surface area contributed by atoms with Crippen molar-refractivity contribution in [3.05, 3.63) is 36.2 Å². The molecule has 2 heterocycles. The third-order valence-electron chi connectivity index (χ3n) is 4.48. The van der Waals surface area contributed by atoms with Gasteiger partial charge >= 0.3 is 0 Å². The van der Waals surface area contributed by atoms with Crippen molar-refractivity contribution in [2.45, 2.75) is 39.2 Å². The van der Waals surface area contributed by atoms with Crippen LogP contribution in [0.5, 0.6) is 5.75 Å². The van der Waals surface area contributed by atoms with E-state index in [2.05, 4.69) is 34.8 Å². The van der Waals surface area contributed by atoms with Gasteiger partial charge < -0.3 is 15.4 Å². The summed E-state index contributed by atoms with van der Waals surface area (Å²) in [5, 5.41) is 14.3. The maximum Gasteiger partial charge on any atom is 0.277 e. The van der Waals surface area contributed by atoms with Crippen LogP contribution in [0.3, 0.4) is 0 Å². The predicted octanol–water partition coefficient (Wildman–Crippen LogP) is 3.30. The van der Waals surface area contributed by atoms with Gasteiger partial charge in [0.05, 0.1) is 18.8 Å². The van der Waals surface area contributed by atoms with Crippen molar-refractivity contribution in [2.24, 2.45) is 5.92 Å². The van der Waals surface area contributed by atoms with Crippen LogP contribution in [-0.4, -0.2) is 40.6 Å². The van der Waals surface area contributed by atoms with Crippen molar-refractivity contribution in [2.75, 3.05) is 25.0 Å². The van der Waals surface area contributed by atoms with E-state index in [4.69, 9.17) is 4.74 Å². The van der Waals surface area contributed by atoms with Crippen LogP contribution in [0.4, 0.5) is 5.69 Å². The Morgan fingerprint density at radius 2 is 2.15 bits per heavy atom. The zero-order chi connectivity index (χ0) is 18.4. The normalized spacial score (nSPS) is 14.6. The van der Waals surface area contributed by atoms with Crippen molar-refractivity contribution in [1.29, 1.82) is 0 Å². The highest BCUT2D eigenvalue weighted by Gasteiger charge is 2.18. The molecule has 2 N–H and O–H groups in total. The van der Waals surface area contributed by atoms with Crippen LogP contribution in [0.25, 0.3) is 0 Å². The third-order valence-corrected chi connectivity index (χ3v) is 4.48. The summed E-state index contributed by atoms with van der Waals surface area (Å²) in [5.74, 6) is 1.09. The van der Waals surface area contributed by atoms with E-state index in [1.807, 2.05) is 24.3 Å². The first-order valence-electron chi connectivity index (χ1n) is 9.28. The monoisotopic (exact) mass is 393 g/mol. The number of anilines is 1. The first kappa shape index (κ1) is 21.2. The summed E-state index contributed by atoms with van der Waals surface area (Å²) in [6.07, 6.45) is 4.73. The molecular formula is C19H28ClN5O2. The van der Waals surface area contributed by atoms with Crippen molar-refractivity contribution < 1.29 is 9.53 Å². The van der Waals surface area contributed by atoms with Crippen molar-refractivity contribution in [1.82, 2.24) is 20.3 Å². The van der Waals surface area contributed by atoms with Gasteiger partial charge in [0, 0.05) is 11.8 Å². The fourth-order valence-corrected chi connectivity index (χ4v) is 2.90. The summed E-state index contributed by atoms with van der Waals surface area (Å²) in [5.41, 5.74) is 1.02. The molecule has 1 amide bonds. The second kappa shape index (κ2) is 10.3. The number of nitrogens with one attached hydrogen (secondary N) is 2. The summed E-state index contributed by atoms with van der Waals surface area (Å²) in [7, 11) is 0. The SMILES string of the molecule is CC(C)CCOc1cccc(NC(=O)c2cn(C3CCNCC3)nn2)c1.Cl. The van der Waals surface area contributed by atoms with E-state index in [1.165, 1.54) is 0 Å². The van der Waals surface area contributed by atoms with E-state index in [0.29, 0.717) is 29.9 Å². The molecular weight excluding hydrogens is 366 g/mol. The number of carbonyl (C=O) groups excluding carboxylic acids is 1. The average Bonchev–Trinajstić information content (AvgIpc) is 3.13. The Hall–Kier alpha value is -2.12. The van der Waals surface area contributed by atoms with E-state index < -0.39 is 0 Å². The summed E-state index contributed by atoms with van der Waals surface area (Å²) < 4.78 is 7.55. The molecule has 1 aromatic heterocycles. The van der Waals surface area contributed by atoms with Crippen LogP contribution in [0, 0.1) is 5.92 Å². The van der Waals surface area contributed by atoms with E-state index >= 15 is 0 Å². The molecule has 1 fully saturated rings. The predicted molar refractivity (Wildman–Crippen MR) is 108 cm³/mol. The molecule has 1 aromatic carbocycles. The molecule has 0 radical (unpaired) electrons. The van der Waals surface area contributed by atoms with E-state index in [9.17, 15) is 4.79 Å². The Balaban J connectivity index is 0.00000261. The average molecular weight is 394 g/mol. The van der Waals surface area contributed by atoms with E-state index in [-0.39, 0.29) is 18.3 Å². The molecule has 27 heavy (non-hydrogen) atoms. The second-order valence-electron chi connectivity index (χ2n) is 7.08. The lowest BCUT2D eigenvalue weighted by molar-refractivity contribution is 0.102. The number of halogens is 1. The van der Waals surface area contributed by atoms with Gasteiger partial charge in [0.15, 0.2) is 5.69 Å². The van der Waals surface area contributed by atoms with Gasteiger partial charge in [-0.3, -0.25) is 4.79 Å². The molecule has 1 saturated heterocycles. The zero-order valence-electron chi connectivity index (χ0n) is 15.9. The Morgan fingerprint density at radius 1 is 1.37 bits per heavy atom. The van der Waals surface area contributed by atoms with Gasteiger partial charge in [-0.05, 0) is 50.4 Å². The molecule has 0 bridgehead atoms. The highest BCUT2D eigenvalue weighted by molar-refractivity contribution is 6.02. The lowest BCUT2D eigenvalue weighted by Crippen LogP contribution is -2.29. The molecule has 0 saturated carbocycles. The van der Waals surface area contributed by atoms with Crippen LogP contribution >= 0.6 is 12.4 Å². The van der Waals surface area contributed by atoms with Crippen LogP contribution in [-0.2, 0) is 0 Å². The lowest BCUT2D eigenvalue weighted by Gasteiger charge is -2.22. The van der Waals surface area contributed by atoms with E-state index in [1.54, 1.807) is 10.9 Å². The van der Waals surface area contributed by atoms with Gasteiger partial charge in [-0.15, -0.1) is 17.5 Å². The van der Waals surface area contributed by atoms with Gasteiger partial charge in [0.25, 0.3) is 5.91 Å². The number of hydrogen-bond donors (Lipinski definition) is 2. The summed E-state index contributed by atoms with van der Waals surface area (Å²) in [6, 6.07) is 7.73. The molecule has 7 nitrogen and oxygen atoms in total. The Kier molecular flexibility index (Phi) is 8.06. The van der Waals surface area contributed by atoms with Gasteiger partial charge in [0.1, 0.15) is 5.75 Å². The maximum absolute atomic E-state index is 12.4. The minimum absolute atomic E-state index is 0. The molecule has 0 unspecified atom stereocenters. The first-order chi connectivity index (χ1) is 12.6. The molecule has 3 rings (SSSR count). The smallest absolute Gasteiger partial charge is 0.277 e. The maximum atomic E-state index is 12.4. The van der Waals surface area contributed by atoms with Crippen LogP contribution < -0.4 is 15.4 Å². The number of hydrogen-bond acceptors (Lipinski definition) is 5. The molecule has 8 heteroatoms. The Labute approximate surface area is 166 Å². The number of ether oxygens (including phenoxy) is 1. The molecule has 148 valence electrons. The quantitative estimate of drug-likeness (QED) is 0.754. The number of benzene rings is 1. The Morgan fingerprint density at radius 3 is 2.89 bits per heavy atom. The standard InChI is InChI=1S/C19H27N5O2.ClH/c1-14(2)8-11-26-17-5-3-4-15(12-17)21-19(25)18-13-24(23-22-18)16-6-9-20-10-7-16;/h3-5,12-14,16,20H,6-11H2,1-2H3,(H,21,25);1H. The highest BCUT2D eigenvalue weighted by Crippen LogP contribution is 2.20.